The van der Waals surface area contributed by atoms with Crippen molar-refractivity contribution in [1.82, 2.24) is 0 Å². The van der Waals surface area contributed by atoms with E-state index in [1.54, 1.807) is 0 Å². The van der Waals surface area contributed by atoms with E-state index in [-0.39, 0.29) is 40.2 Å². The monoisotopic (exact) mass is 905 g/mol. The normalized spacial score (nSPS) is 16.7. The van der Waals surface area contributed by atoms with Gasteiger partial charge in [-0.25, -0.2) is 0 Å². The largest absolute Gasteiger partial charge is 0.468 e. The first-order valence-electron chi connectivity index (χ1n) is 25.6. The molecule has 348 valence electrons. The van der Waals surface area contributed by atoms with E-state index in [4.69, 9.17) is 4.42 Å². The van der Waals surface area contributed by atoms with Crippen molar-refractivity contribution < 1.29 is 4.42 Å². The second-order valence-corrected chi connectivity index (χ2v) is 24.2. The fourth-order valence-electron chi connectivity index (χ4n) is 12.1. The molecule has 0 saturated carbocycles. The molecule has 4 heteroatoms. The van der Waals surface area contributed by atoms with Crippen molar-refractivity contribution in [3.05, 3.63) is 196 Å². The summed E-state index contributed by atoms with van der Waals surface area (Å²) in [5, 5.41) is 1.16. The highest BCUT2D eigenvalue weighted by molar-refractivity contribution is 7.00. The van der Waals surface area contributed by atoms with E-state index in [0.717, 1.165) is 47.3 Å². The minimum atomic E-state index is -0.143. The second-order valence-electron chi connectivity index (χ2n) is 24.2. The number of benzene rings is 7. The fraction of sp³-hybridized carbons (Fsp3) is 0.323. The zero-order chi connectivity index (χ0) is 48.4. The molecule has 69 heavy (non-hydrogen) atoms. The van der Waals surface area contributed by atoms with Crippen LogP contribution >= 0.6 is 0 Å². The molecule has 1 aliphatic carbocycles. The Morgan fingerprint density at radius 2 is 1.16 bits per heavy atom. The molecule has 0 saturated heterocycles. The maximum absolute atomic E-state index is 7.49. The lowest BCUT2D eigenvalue weighted by molar-refractivity contribution is 0.332. The van der Waals surface area contributed by atoms with Gasteiger partial charge in [-0.05, 0) is 164 Å². The Morgan fingerprint density at radius 1 is 0.580 bits per heavy atom. The Labute approximate surface area is 412 Å². The van der Waals surface area contributed by atoms with Crippen LogP contribution in [0.3, 0.4) is 0 Å². The molecule has 0 N–H and O–H groups in total. The van der Waals surface area contributed by atoms with Crippen LogP contribution in [-0.4, -0.2) is 6.71 Å². The third-order valence-corrected chi connectivity index (χ3v) is 16.5. The van der Waals surface area contributed by atoms with E-state index >= 15 is 0 Å². The van der Waals surface area contributed by atoms with E-state index in [1.807, 2.05) is 0 Å². The van der Waals surface area contributed by atoms with E-state index in [9.17, 15) is 0 Å². The van der Waals surface area contributed by atoms with Crippen LogP contribution in [0, 0.1) is 6.92 Å². The van der Waals surface area contributed by atoms with Crippen LogP contribution in [0.4, 0.5) is 34.1 Å². The summed E-state index contributed by atoms with van der Waals surface area (Å²) in [6.07, 6.45) is 3.20. The third kappa shape index (κ3) is 7.56. The van der Waals surface area contributed by atoms with Crippen LogP contribution in [0.25, 0.3) is 11.0 Å². The minimum Gasteiger partial charge on any atom is -0.468 e. The third-order valence-electron chi connectivity index (χ3n) is 16.5. The van der Waals surface area contributed by atoms with Crippen LogP contribution in [0.15, 0.2) is 156 Å². The zero-order valence-corrected chi connectivity index (χ0v) is 43.1. The van der Waals surface area contributed by atoms with Crippen molar-refractivity contribution in [3.63, 3.8) is 0 Å². The Kier molecular flexibility index (Phi) is 10.6. The molecule has 2 aliphatic heterocycles. The first-order chi connectivity index (χ1) is 32.8. The molecule has 7 aromatic carbocycles. The molecule has 1 unspecified atom stereocenters. The Hall–Kier alpha value is -6.26. The van der Waals surface area contributed by atoms with Gasteiger partial charge < -0.3 is 14.2 Å². The van der Waals surface area contributed by atoms with Crippen molar-refractivity contribution >= 4 is 68.4 Å². The van der Waals surface area contributed by atoms with Crippen molar-refractivity contribution in [2.24, 2.45) is 0 Å². The average molecular weight is 905 g/mol. The molecule has 0 fully saturated rings. The molecule has 1 aromatic heterocycles. The van der Waals surface area contributed by atoms with Gasteiger partial charge in [0.1, 0.15) is 5.58 Å². The van der Waals surface area contributed by atoms with Crippen LogP contribution in [0.5, 0.6) is 0 Å². The lowest BCUT2D eigenvalue weighted by Gasteiger charge is -2.47. The van der Waals surface area contributed by atoms with Crippen molar-refractivity contribution in [3.8, 4) is 0 Å². The van der Waals surface area contributed by atoms with Gasteiger partial charge in [0.15, 0.2) is 0 Å². The SMILES string of the molecule is Cc1ccccc1N1c2cc3c(cc2B2c4oc5ccc(C(C)(C)C)cc5c4N(c4ccc(C(C)(C)C)cc4)c4cc([C@H](Cc5ccccc5)C(C)c5ccccc5)cc1c42)C(C)(C)CCC3(C)C. The fourth-order valence-corrected chi connectivity index (χ4v) is 12.1. The Bertz CT molecular complexity index is 3250. The second kappa shape index (κ2) is 16.2. The van der Waals surface area contributed by atoms with Crippen LogP contribution in [0.2, 0.25) is 0 Å². The van der Waals surface area contributed by atoms with E-state index in [2.05, 4.69) is 245 Å². The molecule has 3 heterocycles. The van der Waals surface area contributed by atoms with Crippen LogP contribution in [0.1, 0.15) is 145 Å². The molecule has 0 bridgehead atoms. The Balaban J connectivity index is 1.30. The number of hydrogen-bond acceptors (Lipinski definition) is 3. The maximum Gasteiger partial charge on any atom is 0.297 e. The summed E-state index contributed by atoms with van der Waals surface area (Å²) in [6.45, 7) is 28.3. The zero-order valence-electron chi connectivity index (χ0n) is 43.1. The highest BCUT2D eigenvalue weighted by Crippen LogP contribution is 2.53. The summed E-state index contributed by atoms with van der Waals surface area (Å²) in [5.74, 6) is 0.395. The van der Waals surface area contributed by atoms with Gasteiger partial charge in [-0.1, -0.05) is 179 Å². The topological polar surface area (TPSA) is 19.6 Å². The number of fused-ring (bicyclic) bond motifs is 7. The number of anilines is 6. The van der Waals surface area contributed by atoms with Gasteiger partial charge in [-0.2, -0.15) is 0 Å². The van der Waals surface area contributed by atoms with Crippen molar-refractivity contribution in [2.45, 2.75) is 136 Å². The summed E-state index contributed by atoms with van der Waals surface area (Å²) >= 11 is 0. The van der Waals surface area contributed by atoms with Gasteiger partial charge in [0, 0.05) is 33.8 Å². The van der Waals surface area contributed by atoms with Gasteiger partial charge in [-0.3, -0.25) is 0 Å². The molecule has 8 aromatic rings. The van der Waals surface area contributed by atoms with Gasteiger partial charge in [0.05, 0.1) is 11.3 Å². The lowest BCUT2D eigenvalue weighted by Crippen LogP contribution is -2.61. The highest BCUT2D eigenvalue weighted by atomic mass is 16.3. The molecule has 0 amide bonds. The number of aryl methyl sites for hydroxylation is 1. The first-order valence-corrected chi connectivity index (χ1v) is 25.6. The van der Waals surface area contributed by atoms with Crippen LogP contribution in [-0.2, 0) is 28.1 Å². The standard InChI is InChI=1S/C65H69BN2O/c1-41-21-19-20-26-54(41)68-55-40-52-51(64(9,10)33-34-65(52,11)12)39-53(55)66-59-56(36-45(37-57(59)68)49(35-43-22-15-13-16-23-43)42(2)44-24-17-14-18-25-44)67(48-30-27-46(28-31-48)62(3,4)5)60-50-38-47(63(6,7)8)29-32-58(50)69-61(60)66/h13-32,36-40,42,49H,33-35H2,1-12H3/t42?,49-/m1/s1. The summed E-state index contributed by atoms with van der Waals surface area (Å²) in [7, 11) is 0. The van der Waals surface area contributed by atoms with Gasteiger partial charge >= 0.3 is 0 Å². The maximum atomic E-state index is 7.49. The Morgan fingerprint density at radius 3 is 1.80 bits per heavy atom. The van der Waals surface area contributed by atoms with Gasteiger partial charge in [0.2, 0.25) is 0 Å². The summed E-state index contributed by atoms with van der Waals surface area (Å²) in [5.41, 5.74) is 22.7. The van der Waals surface area contributed by atoms with Gasteiger partial charge in [-0.15, -0.1) is 0 Å². The molecule has 2 atom stereocenters. The quantitative estimate of drug-likeness (QED) is 0.149. The molecule has 3 nitrogen and oxygen atoms in total. The number of hydrogen-bond donors (Lipinski definition) is 0. The smallest absolute Gasteiger partial charge is 0.297 e. The van der Waals surface area contributed by atoms with Crippen molar-refractivity contribution in [1.29, 1.82) is 0 Å². The highest BCUT2D eigenvalue weighted by Gasteiger charge is 2.49. The molecule has 11 rings (SSSR count). The number of furan rings is 1. The predicted octanol–water partition coefficient (Wildman–Crippen LogP) is 15.9. The summed E-state index contributed by atoms with van der Waals surface area (Å²) < 4.78 is 7.49. The first kappa shape index (κ1) is 45.2. The summed E-state index contributed by atoms with van der Waals surface area (Å²) in [6, 6.07) is 58.2. The van der Waals surface area contributed by atoms with E-state index < -0.39 is 0 Å². The molecule has 0 radical (unpaired) electrons. The number of para-hydroxylation sites is 1. The molecular formula is C65H69BN2O. The molecular weight excluding hydrogens is 836 g/mol. The summed E-state index contributed by atoms with van der Waals surface area (Å²) in [4.78, 5) is 5.25. The van der Waals surface area contributed by atoms with Gasteiger partial charge in [0.25, 0.3) is 6.71 Å². The lowest BCUT2D eigenvalue weighted by atomic mass is 9.35. The molecule has 0 spiro atoms. The number of nitrogens with zero attached hydrogens (tertiary/aromatic N) is 2. The predicted molar refractivity (Wildman–Crippen MR) is 295 cm³/mol. The average Bonchev–Trinajstić information content (AvgIpc) is 3.70. The minimum absolute atomic E-state index is 0.0111. The van der Waals surface area contributed by atoms with E-state index in [0.29, 0.717) is 0 Å². The van der Waals surface area contributed by atoms with Crippen LogP contribution < -0.4 is 26.4 Å². The van der Waals surface area contributed by atoms with E-state index in [1.165, 1.54) is 78.2 Å². The number of rotatable bonds is 7. The molecule has 3 aliphatic rings. The van der Waals surface area contributed by atoms with Crippen molar-refractivity contribution in [2.75, 3.05) is 9.80 Å².